The molecule has 2 rings (SSSR count). The van der Waals surface area contributed by atoms with E-state index in [1.54, 1.807) is 16.4 Å². The number of nitrogens with zero attached hydrogens (tertiary/aromatic N) is 2. The number of hydrogen-bond donors (Lipinski definition) is 2. The van der Waals surface area contributed by atoms with Gasteiger partial charge in [-0.15, -0.1) is 0 Å². The van der Waals surface area contributed by atoms with Gasteiger partial charge >= 0.3 is 0 Å². The lowest BCUT2D eigenvalue weighted by Crippen LogP contribution is -2.20. The lowest BCUT2D eigenvalue weighted by atomic mass is 10.2. The molecule has 1 aliphatic carbocycles. The fourth-order valence-corrected chi connectivity index (χ4v) is 1.57. The summed E-state index contributed by atoms with van der Waals surface area (Å²) in [6, 6.07) is 0. The number of aromatic nitrogens is 2. The van der Waals surface area contributed by atoms with E-state index in [0.717, 1.165) is 12.0 Å². The van der Waals surface area contributed by atoms with Gasteiger partial charge in [0.15, 0.2) is 0 Å². The molecule has 13 heavy (non-hydrogen) atoms. The third-order valence-electron chi connectivity index (χ3n) is 2.39. The van der Waals surface area contributed by atoms with Crippen molar-refractivity contribution < 1.29 is 10.0 Å². The minimum absolute atomic E-state index is 0.0748. The van der Waals surface area contributed by atoms with Crippen molar-refractivity contribution in [2.24, 2.45) is 13.0 Å². The molecule has 1 aliphatic rings. The average molecular weight is 181 g/mol. The molecule has 0 unspecified atom stereocenters. The summed E-state index contributed by atoms with van der Waals surface area (Å²) in [6.45, 7) is 0. The Morgan fingerprint density at radius 2 is 2.62 bits per heavy atom. The first-order valence-corrected chi connectivity index (χ1v) is 4.15. The molecule has 0 radical (unpaired) electrons. The van der Waals surface area contributed by atoms with Crippen molar-refractivity contribution in [2.45, 2.75) is 12.3 Å². The Kier molecular flexibility index (Phi) is 1.81. The molecule has 0 aliphatic heterocycles. The molecule has 2 N–H and O–H groups in total. The van der Waals surface area contributed by atoms with Crippen LogP contribution >= 0.6 is 0 Å². The summed E-state index contributed by atoms with van der Waals surface area (Å²) in [5.41, 5.74) is 2.73. The number of rotatable bonds is 2. The number of hydroxylamine groups is 1. The molecule has 0 saturated heterocycles. The lowest BCUT2D eigenvalue weighted by molar-refractivity contribution is -0.130. The van der Waals surface area contributed by atoms with Gasteiger partial charge in [-0.1, -0.05) is 0 Å². The highest BCUT2D eigenvalue weighted by atomic mass is 16.5. The van der Waals surface area contributed by atoms with Crippen LogP contribution in [0.1, 0.15) is 17.9 Å². The number of carbonyl (C=O) groups excluding carboxylic acids is 1. The Labute approximate surface area is 75.3 Å². The summed E-state index contributed by atoms with van der Waals surface area (Å²) in [6.07, 6.45) is 4.46. The van der Waals surface area contributed by atoms with E-state index in [9.17, 15) is 4.79 Å². The Hall–Kier alpha value is -1.36. The Morgan fingerprint density at radius 1 is 1.85 bits per heavy atom. The second kappa shape index (κ2) is 2.85. The van der Waals surface area contributed by atoms with Gasteiger partial charge in [-0.3, -0.25) is 14.7 Å². The minimum Gasteiger partial charge on any atom is -0.289 e. The molecule has 5 nitrogen and oxygen atoms in total. The number of carbonyl (C=O) groups is 1. The lowest BCUT2D eigenvalue weighted by Gasteiger charge is -1.94. The zero-order valence-corrected chi connectivity index (χ0v) is 7.27. The highest BCUT2D eigenvalue weighted by Crippen LogP contribution is 2.47. The van der Waals surface area contributed by atoms with E-state index in [4.69, 9.17) is 5.21 Å². The summed E-state index contributed by atoms with van der Waals surface area (Å²) in [4.78, 5) is 11.0. The van der Waals surface area contributed by atoms with E-state index in [1.165, 1.54) is 0 Å². The van der Waals surface area contributed by atoms with Gasteiger partial charge in [0.25, 0.3) is 0 Å². The van der Waals surface area contributed by atoms with Gasteiger partial charge in [-0.25, -0.2) is 5.48 Å². The van der Waals surface area contributed by atoms with E-state index in [2.05, 4.69) is 5.10 Å². The van der Waals surface area contributed by atoms with Gasteiger partial charge < -0.3 is 0 Å². The molecule has 1 saturated carbocycles. The zero-order chi connectivity index (χ0) is 9.42. The van der Waals surface area contributed by atoms with Crippen molar-refractivity contribution in [2.75, 3.05) is 0 Å². The van der Waals surface area contributed by atoms with Crippen LogP contribution in [0.4, 0.5) is 0 Å². The number of amides is 1. The molecule has 1 aromatic rings. The van der Waals surface area contributed by atoms with Gasteiger partial charge in [0.1, 0.15) is 0 Å². The highest BCUT2D eigenvalue weighted by Gasteiger charge is 2.44. The Balaban J connectivity index is 2.04. The number of aryl methyl sites for hydroxylation is 1. The minimum atomic E-state index is -0.297. The van der Waals surface area contributed by atoms with Crippen molar-refractivity contribution >= 4 is 5.91 Å². The summed E-state index contributed by atoms with van der Waals surface area (Å²) in [7, 11) is 1.84. The highest BCUT2D eigenvalue weighted by molar-refractivity contribution is 5.81. The second-order valence-electron chi connectivity index (χ2n) is 3.37. The predicted molar refractivity (Wildman–Crippen MR) is 44.0 cm³/mol. The normalized spacial score (nSPS) is 25.7. The van der Waals surface area contributed by atoms with Gasteiger partial charge in [0.2, 0.25) is 5.91 Å². The van der Waals surface area contributed by atoms with E-state index >= 15 is 0 Å². The fraction of sp³-hybridized carbons (Fsp3) is 0.500. The standard InChI is InChI=1S/C8H11N3O2/c1-11-4-5(3-9-11)6-2-7(6)8(12)10-13/h3-4,6-7,13H,2H2,1H3,(H,10,12)/t6-,7+/m0/s1. The predicted octanol–water partition coefficient (Wildman–Crippen LogP) is 0.0290. The number of hydrogen-bond acceptors (Lipinski definition) is 3. The van der Waals surface area contributed by atoms with Crippen LogP contribution < -0.4 is 5.48 Å². The van der Waals surface area contributed by atoms with E-state index < -0.39 is 0 Å². The topological polar surface area (TPSA) is 67.2 Å². The number of nitrogens with one attached hydrogen (secondary N) is 1. The van der Waals surface area contributed by atoms with Crippen molar-refractivity contribution in [1.82, 2.24) is 15.3 Å². The van der Waals surface area contributed by atoms with Crippen LogP contribution in [0, 0.1) is 5.92 Å². The SMILES string of the molecule is Cn1cc([C@@H]2C[C@H]2C(=O)NO)cn1. The van der Waals surface area contributed by atoms with Crippen LogP contribution in [0.15, 0.2) is 12.4 Å². The van der Waals surface area contributed by atoms with E-state index in [0.29, 0.717) is 0 Å². The fourth-order valence-electron chi connectivity index (χ4n) is 1.57. The summed E-state index contributed by atoms with van der Waals surface area (Å²) < 4.78 is 1.71. The third kappa shape index (κ3) is 1.42. The molecule has 70 valence electrons. The molecule has 0 bridgehead atoms. The first kappa shape index (κ1) is 8.25. The van der Waals surface area contributed by atoms with Crippen molar-refractivity contribution in [3.05, 3.63) is 18.0 Å². The van der Waals surface area contributed by atoms with Crippen molar-refractivity contribution in [1.29, 1.82) is 0 Å². The molecule has 1 fully saturated rings. The molecule has 1 heterocycles. The Bertz CT molecular complexity index is 334. The smallest absolute Gasteiger partial charge is 0.247 e. The van der Waals surface area contributed by atoms with Gasteiger partial charge in [0, 0.05) is 19.2 Å². The molecule has 0 aromatic carbocycles. The molecular weight excluding hydrogens is 170 g/mol. The largest absolute Gasteiger partial charge is 0.289 e. The van der Waals surface area contributed by atoms with E-state index in [-0.39, 0.29) is 17.7 Å². The molecular formula is C8H11N3O2. The summed E-state index contributed by atoms with van der Waals surface area (Å²) >= 11 is 0. The van der Waals surface area contributed by atoms with Gasteiger partial charge in [-0.2, -0.15) is 5.10 Å². The van der Waals surface area contributed by atoms with Crippen LogP contribution in [0.3, 0.4) is 0 Å². The monoisotopic (exact) mass is 181 g/mol. The van der Waals surface area contributed by atoms with Gasteiger partial charge in [-0.05, 0) is 17.9 Å². The van der Waals surface area contributed by atoms with Crippen LogP contribution in [0.2, 0.25) is 0 Å². The third-order valence-corrected chi connectivity index (χ3v) is 2.39. The summed E-state index contributed by atoms with van der Waals surface area (Å²) in [5, 5.41) is 12.4. The molecule has 2 atom stereocenters. The maximum Gasteiger partial charge on any atom is 0.247 e. The van der Waals surface area contributed by atoms with Crippen LogP contribution in [-0.2, 0) is 11.8 Å². The molecule has 1 aromatic heterocycles. The van der Waals surface area contributed by atoms with E-state index in [1.807, 2.05) is 13.2 Å². The van der Waals surface area contributed by atoms with Crippen LogP contribution in [-0.4, -0.2) is 20.9 Å². The van der Waals surface area contributed by atoms with Crippen LogP contribution in [0.25, 0.3) is 0 Å². The van der Waals surface area contributed by atoms with Crippen molar-refractivity contribution in [3.8, 4) is 0 Å². The quantitative estimate of drug-likeness (QED) is 0.499. The zero-order valence-electron chi connectivity index (χ0n) is 7.27. The first-order chi connectivity index (χ1) is 6.22. The maximum absolute atomic E-state index is 11.0. The van der Waals surface area contributed by atoms with Crippen molar-refractivity contribution in [3.63, 3.8) is 0 Å². The summed E-state index contributed by atoms with van der Waals surface area (Å²) in [5.74, 6) is -0.135. The van der Waals surface area contributed by atoms with Gasteiger partial charge in [0.05, 0.1) is 6.20 Å². The first-order valence-electron chi connectivity index (χ1n) is 4.15. The average Bonchev–Trinajstić information content (AvgIpc) is 2.82. The maximum atomic E-state index is 11.0. The molecule has 1 amide bonds. The molecule has 0 spiro atoms. The molecule has 5 heteroatoms. The Morgan fingerprint density at radius 3 is 3.15 bits per heavy atom. The van der Waals surface area contributed by atoms with Crippen LogP contribution in [0.5, 0.6) is 0 Å². The second-order valence-corrected chi connectivity index (χ2v) is 3.37.